The van der Waals surface area contributed by atoms with Crippen molar-refractivity contribution in [1.82, 2.24) is 9.21 Å². The van der Waals surface area contributed by atoms with Gasteiger partial charge in [-0.15, -0.1) is 6.58 Å². The van der Waals surface area contributed by atoms with E-state index in [0.29, 0.717) is 42.9 Å². The summed E-state index contributed by atoms with van der Waals surface area (Å²) < 4.78 is 32.5. The van der Waals surface area contributed by atoms with Crippen LogP contribution in [0.5, 0.6) is 11.5 Å². The van der Waals surface area contributed by atoms with E-state index in [-0.39, 0.29) is 23.7 Å². The maximum absolute atomic E-state index is 13.0. The van der Waals surface area contributed by atoms with Gasteiger partial charge in [0.2, 0.25) is 10.0 Å². The fourth-order valence-electron chi connectivity index (χ4n) is 3.61. The Morgan fingerprint density at radius 3 is 2.45 bits per heavy atom. The van der Waals surface area contributed by atoms with Crippen LogP contribution in [0.4, 0.5) is 5.69 Å². The van der Waals surface area contributed by atoms with Gasteiger partial charge >= 0.3 is 0 Å². The number of allylic oxidation sites excluding steroid dienone is 1. The summed E-state index contributed by atoms with van der Waals surface area (Å²) >= 11 is 0. The number of ether oxygens (including phenoxy) is 1. The average Bonchev–Trinajstić information content (AvgIpc) is 2.76. The first-order valence-electron chi connectivity index (χ1n) is 9.73. The molecular formula is C21H25N3O6S. The highest BCUT2D eigenvalue weighted by Gasteiger charge is 2.33. The Morgan fingerprint density at radius 2 is 1.84 bits per heavy atom. The summed E-state index contributed by atoms with van der Waals surface area (Å²) in [6.07, 6.45) is 2.20. The summed E-state index contributed by atoms with van der Waals surface area (Å²) in [6.45, 7) is 5.36. The molecule has 1 fully saturated rings. The Hall–Kier alpha value is -2.95. The minimum atomic E-state index is -3.98. The molecule has 0 aliphatic carbocycles. The molecule has 2 aromatic carbocycles. The maximum atomic E-state index is 13.0. The van der Waals surface area contributed by atoms with Crippen molar-refractivity contribution >= 4 is 15.7 Å². The van der Waals surface area contributed by atoms with Gasteiger partial charge in [-0.25, -0.2) is 8.42 Å². The van der Waals surface area contributed by atoms with Crippen LogP contribution in [0.2, 0.25) is 0 Å². The quantitative estimate of drug-likeness (QED) is 0.376. The fraction of sp³-hybridized carbons (Fsp3) is 0.333. The minimum Gasteiger partial charge on any atom is -0.507 e. The highest BCUT2D eigenvalue weighted by Crippen LogP contribution is 2.31. The third-order valence-corrected chi connectivity index (χ3v) is 7.19. The van der Waals surface area contributed by atoms with Crippen molar-refractivity contribution in [2.75, 3.05) is 33.3 Å². The smallest absolute Gasteiger partial charge is 0.289 e. The number of hydrogen-bond acceptors (Lipinski definition) is 7. The van der Waals surface area contributed by atoms with E-state index in [1.165, 1.54) is 28.6 Å². The van der Waals surface area contributed by atoms with Gasteiger partial charge < -0.3 is 9.84 Å². The number of aromatic hydroxyl groups is 1. The number of para-hydroxylation sites is 1. The van der Waals surface area contributed by atoms with Crippen LogP contribution in [0, 0.1) is 10.1 Å². The van der Waals surface area contributed by atoms with Gasteiger partial charge in [0.25, 0.3) is 5.69 Å². The number of methoxy groups -OCH3 is 1. The SMILES string of the molecule is C=CCc1cc(OC)cc(CN2CCN(S(=O)(=O)c3ccccc3[N+](=O)[O-])CC2)c1O. The highest BCUT2D eigenvalue weighted by atomic mass is 32.2. The van der Waals surface area contributed by atoms with Crippen LogP contribution >= 0.6 is 0 Å². The molecule has 0 atom stereocenters. The number of rotatable bonds is 8. The zero-order valence-electron chi connectivity index (χ0n) is 17.2. The van der Waals surface area contributed by atoms with Crippen molar-refractivity contribution in [3.63, 3.8) is 0 Å². The number of piperazine rings is 1. The van der Waals surface area contributed by atoms with Crippen LogP contribution in [0.3, 0.4) is 0 Å². The Morgan fingerprint density at radius 1 is 1.19 bits per heavy atom. The van der Waals surface area contributed by atoms with Crippen molar-refractivity contribution < 1.29 is 23.2 Å². The third-order valence-electron chi connectivity index (χ3n) is 5.25. The molecule has 1 heterocycles. The molecule has 166 valence electrons. The number of nitro groups is 1. The monoisotopic (exact) mass is 447 g/mol. The molecule has 0 saturated carbocycles. The summed E-state index contributed by atoms with van der Waals surface area (Å²) in [6, 6.07) is 8.89. The Kier molecular flexibility index (Phi) is 6.94. The van der Waals surface area contributed by atoms with Gasteiger partial charge in [0.05, 0.1) is 12.0 Å². The number of nitro benzene ring substituents is 1. The molecule has 0 amide bonds. The second-order valence-electron chi connectivity index (χ2n) is 7.19. The molecule has 2 aromatic rings. The van der Waals surface area contributed by atoms with Gasteiger partial charge in [-0.1, -0.05) is 18.2 Å². The van der Waals surface area contributed by atoms with Crippen LogP contribution in [0.15, 0.2) is 53.9 Å². The van der Waals surface area contributed by atoms with Gasteiger partial charge in [0, 0.05) is 49.9 Å². The molecule has 0 bridgehead atoms. The lowest BCUT2D eigenvalue weighted by Crippen LogP contribution is -2.48. The first-order valence-corrected chi connectivity index (χ1v) is 11.2. The molecule has 1 aliphatic rings. The number of phenolic OH excluding ortho intramolecular Hbond substituents is 1. The molecule has 0 unspecified atom stereocenters. The topological polar surface area (TPSA) is 113 Å². The summed E-state index contributed by atoms with van der Waals surface area (Å²) in [5.41, 5.74) is 0.967. The lowest BCUT2D eigenvalue weighted by Gasteiger charge is -2.34. The number of hydrogen-bond donors (Lipinski definition) is 1. The number of benzene rings is 2. The molecule has 1 aliphatic heterocycles. The minimum absolute atomic E-state index is 0.177. The first-order chi connectivity index (χ1) is 14.8. The predicted octanol–water partition coefficient (Wildman–Crippen LogP) is 2.54. The maximum Gasteiger partial charge on any atom is 0.289 e. The van der Waals surface area contributed by atoms with E-state index in [0.717, 1.165) is 0 Å². The molecule has 1 N–H and O–H groups in total. The summed E-state index contributed by atoms with van der Waals surface area (Å²) in [5.74, 6) is 0.804. The van der Waals surface area contributed by atoms with Crippen LogP contribution in [0.1, 0.15) is 11.1 Å². The van der Waals surface area contributed by atoms with E-state index >= 15 is 0 Å². The molecule has 10 heteroatoms. The van der Waals surface area contributed by atoms with Crippen LogP contribution in [-0.4, -0.2) is 60.9 Å². The zero-order chi connectivity index (χ0) is 22.6. The van der Waals surface area contributed by atoms with E-state index < -0.39 is 20.6 Å². The normalized spacial score (nSPS) is 15.5. The lowest BCUT2D eigenvalue weighted by molar-refractivity contribution is -0.387. The second-order valence-corrected chi connectivity index (χ2v) is 9.10. The predicted molar refractivity (Wildman–Crippen MR) is 116 cm³/mol. The van der Waals surface area contributed by atoms with Crippen LogP contribution in [-0.2, 0) is 23.0 Å². The number of phenols is 1. The van der Waals surface area contributed by atoms with Gasteiger partial charge in [-0.3, -0.25) is 15.0 Å². The van der Waals surface area contributed by atoms with E-state index in [2.05, 4.69) is 6.58 Å². The summed E-state index contributed by atoms with van der Waals surface area (Å²) in [4.78, 5) is 12.3. The molecule has 0 radical (unpaired) electrons. The molecule has 31 heavy (non-hydrogen) atoms. The first kappa shape index (κ1) is 22.7. The molecule has 9 nitrogen and oxygen atoms in total. The standard InChI is InChI=1S/C21H25N3O6S/c1-3-6-16-13-18(30-2)14-17(21(16)25)15-22-9-11-23(12-10-22)31(28,29)20-8-5-4-7-19(20)24(26)27/h3-5,7-8,13-14,25H,1,6,9-12,15H2,2H3. The molecule has 1 saturated heterocycles. The Bertz CT molecular complexity index is 1080. The van der Waals surface area contributed by atoms with Crippen molar-refractivity contribution in [3.8, 4) is 11.5 Å². The summed E-state index contributed by atoms with van der Waals surface area (Å²) in [5, 5.41) is 21.8. The molecule has 3 rings (SSSR count). The Balaban J connectivity index is 1.74. The van der Waals surface area contributed by atoms with Crippen molar-refractivity contribution in [1.29, 1.82) is 0 Å². The van der Waals surface area contributed by atoms with Crippen LogP contribution in [0.25, 0.3) is 0 Å². The van der Waals surface area contributed by atoms with Crippen molar-refractivity contribution in [2.45, 2.75) is 17.9 Å². The molecular weight excluding hydrogens is 422 g/mol. The molecule has 0 spiro atoms. The van der Waals surface area contributed by atoms with Gasteiger partial charge in [0.1, 0.15) is 11.5 Å². The van der Waals surface area contributed by atoms with E-state index in [1.54, 1.807) is 25.3 Å². The van der Waals surface area contributed by atoms with Gasteiger partial charge in [-0.05, 0) is 24.6 Å². The molecule has 0 aromatic heterocycles. The average molecular weight is 448 g/mol. The van der Waals surface area contributed by atoms with Crippen LogP contribution < -0.4 is 4.74 Å². The lowest BCUT2D eigenvalue weighted by atomic mass is 10.0. The number of nitrogens with zero attached hydrogens (tertiary/aromatic N) is 3. The van der Waals surface area contributed by atoms with E-state index in [4.69, 9.17) is 4.74 Å². The highest BCUT2D eigenvalue weighted by molar-refractivity contribution is 7.89. The largest absolute Gasteiger partial charge is 0.507 e. The van der Waals surface area contributed by atoms with E-state index in [1.807, 2.05) is 4.90 Å². The van der Waals surface area contributed by atoms with Crippen molar-refractivity contribution in [2.24, 2.45) is 0 Å². The summed E-state index contributed by atoms with van der Waals surface area (Å²) in [7, 11) is -2.43. The Labute approximate surface area is 181 Å². The fourth-order valence-corrected chi connectivity index (χ4v) is 5.19. The third kappa shape index (κ3) is 4.87. The van der Waals surface area contributed by atoms with Crippen molar-refractivity contribution in [3.05, 3.63) is 70.3 Å². The number of sulfonamides is 1. The second kappa shape index (κ2) is 9.46. The van der Waals surface area contributed by atoms with E-state index in [9.17, 15) is 23.6 Å². The zero-order valence-corrected chi connectivity index (χ0v) is 18.0. The van der Waals surface area contributed by atoms with Gasteiger partial charge in [0.15, 0.2) is 4.90 Å². The van der Waals surface area contributed by atoms with Gasteiger partial charge in [-0.2, -0.15) is 4.31 Å².